The van der Waals surface area contributed by atoms with Crippen molar-refractivity contribution in [3.63, 3.8) is 0 Å². The quantitative estimate of drug-likeness (QED) is 0.622. The van der Waals surface area contributed by atoms with Gasteiger partial charge in [0.15, 0.2) is 10.2 Å². The molecule has 116 valence electrons. The summed E-state index contributed by atoms with van der Waals surface area (Å²) >= 11 is 6.49. The number of aryl methyl sites for hydroxylation is 1. The first-order chi connectivity index (χ1) is 11.0. The maximum atomic E-state index is 12.1. The zero-order valence-corrected chi connectivity index (χ0v) is 13.8. The van der Waals surface area contributed by atoms with Gasteiger partial charge in [0, 0.05) is 5.56 Å². The zero-order chi connectivity index (χ0) is 16.4. The average Bonchev–Trinajstić information content (AvgIpc) is 2.88. The lowest BCUT2D eigenvalue weighted by molar-refractivity contribution is 0.0977. The summed E-state index contributed by atoms with van der Waals surface area (Å²) in [7, 11) is 0. The summed E-state index contributed by atoms with van der Waals surface area (Å²) in [5.41, 5.74) is 2.30. The number of phenolic OH excluding ortho intramolecular Hbond substituents is 1. The van der Waals surface area contributed by atoms with Crippen molar-refractivity contribution in [3.8, 4) is 5.75 Å². The summed E-state index contributed by atoms with van der Waals surface area (Å²) in [4.78, 5) is 16.5. The van der Waals surface area contributed by atoms with E-state index in [-0.39, 0.29) is 16.8 Å². The van der Waals surface area contributed by atoms with Crippen molar-refractivity contribution in [2.24, 2.45) is 0 Å². The minimum absolute atomic E-state index is 0.180. The average molecular weight is 343 g/mol. The van der Waals surface area contributed by atoms with Crippen molar-refractivity contribution in [3.05, 3.63) is 53.6 Å². The number of aromatic nitrogens is 1. The van der Waals surface area contributed by atoms with E-state index in [4.69, 9.17) is 12.2 Å². The number of hydrogen-bond acceptors (Lipinski definition) is 5. The van der Waals surface area contributed by atoms with Gasteiger partial charge >= 0.3 is 0 Å². The van der Waals surface area contributed by atoms with Crippen LogP contribution in [-0.4, -0.2) is 21.1 Å². The Bertz CT molecular complexity index is 905. The highest BCUT2D eigenvalue weighted by Crippen LogP contribution is 2.28. The Morgan fingerprint density at radius 1 is 1.26 bits per heavy atom. The molecule has 0 aliphatic rings. The van der Waals surface area contributed by atoms with E-state index in [9.17, 15) is 9.90 Å². The molecule has 3 N–H and O–H groups in total. The molecule has 0 fully saturated rings. The highest BCUT2D eigenvalue weighted by Gasteiger charge is 2.10. The molecule has 2 aromatic carbocycles. The van der Waals surface area contributed by atoms with Gasteiger partial charge in [-0.2, -0.15) is 0 Å². The Balaban J connectivity index is 1.69. The van der Waals surface area contributed by atoms with Crippen LogP contribution in [-0.2, 0) is 0 Å². The molecule has 3 rings (SSSR count). The van der Waals surface area contributed by atoms with Crippen molar-refractivity contribution in [2.45, 2.75) is 6.92 Å². The standard InChI is InChI=1S/C16H13N3O2S2/c1-9-3-2-4-10(7-9)14(21)18-15(22)19-16-17-12-6-5-11(20)8-13(12)23-16/h2-8,20H,1H3,(H2,17,18,19,21,22). The van der Waals surface area contributed by atoms with Gasteiger partial charge in [0.2, 0.25) is 0 Å². The minimum atomic E-state index is -0.273. The van der Waals surface area contributed by atoms with Crippen LogP contribution >= 0.6 is 23.6 Å². The van der Waals surface area contributed by atoms with Crippen molar-refractivity contribution in [1.29, 1.82) is 0 Å². The third kappa shape index (κ3) is 3.64. The van der Waals surface area contributed by atoms with E-state index < -0.39 is 0 Å². The molecular weight excluding hydrogens is 330 g/mol. The van der Waals surface area contributed by atoms with E-state index in [1.54, 1.807) is 30.3 Å². The number of phenols is 1. The van der Waals surface area contributed by atoms with E-state index in [1.165, 1.54) is 11.3 Å². The highest BCUT2D eigenvalue weighted by molar-refractivity contribution is 7.80. The first-order valence-electron chi connectivity index (χ1n) is 6.80. The lowest BCUT2D eigenvalue weighted by Gasteiger charge is -2.07. The predicted octanol–water partition coefficient (Wildman–Crippen LogP) is 3.44. The molecule has 7 heteroatoms. The first-order valence-corrected chi connectivity index (χ1v) is 8.02. The zero-order valence-electron chi connectivity index (χ0n) is 12.2. The fourth-order valence-corrected chi connectivity index (χ4v) is 3.21. The second kappa shape index (κ2) is 6.31. The molecule has 0 aliphatic carbocycles. The van der Waals surface area contributed by atoms with Crippen LogP contribution < -0.4 is 10.6 Å². The molecular formula is C16H13N3O2S2. The SMILES string of the molecule is Cc1cccc(C(=O)NC(=S)Nc2nc3ccc(O)cc3s2)c1. The number of nitrogens with zero attached hydrogens (tertiary/aromatic N) is 1. The Morgan fingerprint density at radius 3 is 2.87 bits per heavy atom. The molecule has 5 nitrogen and oxygen atoms in total. The van der Waals surface area contributed by atoms with Gasteiger partial charge in [-0.05, 0) is 49.5 Å². The Hall–Kier alpha value is -2.51. The molecule has 1 heterocycles. The Kier molecular flexibility index (Phi) is 4.22. The summed E-state index contributed by atoms with van der Waals surface area (Å²) in [5.74, 6) is -0.0898. The van der Waals surface area contributed by atoms with Gasteiger partial charge < -0.3 is 10.4 Å². The number of carbonyl (C=O) groups excluding carboxylic acids is 1. The van der Waals surface area contributed by atoms with Crippen LogP contribution in [0.5, 0.6) is 5.75 Å². The lowest BCUT2D eigenvalue weighted by atomic mass is 10.1. The minimum Gasteiger partial charge on any atom is -0.508 e. The summed E-state index contributed by atoms with van der Waals surface area (Å²) in [6.45, 7) is 1.92. The van der Waals surface area contributed by atoms with Crippen LogP contribution in [0.1, 0.15) is 15.9 Å². The number of hydrogen-bond donors (Lipinski definition) is 3. The van der Waals surface area contributed by atoms with Gasteiger partial charge in [-0.1, -0.05) is 29.0 Å². The summed E-state index contributed by atoms with van der Waals surface area (Å²) in [6, 6.07) is 12.2. The summed E-state index contributed by atoms with van der Waals surface area (Å²) in [5, 5.41) is 15.7. The van der Waals surface area contributed by atoms with Crippen LogP contribution in [0.3, 0.4) is 0 Å². The molecule has 0 spiro atoms. The largest absolute Gasteiger partial charge is 0.508 e. The van der Waals surface area contributed by atoms with E-state index in [0.717, 1.165) is 15.8 Å². The van der Waals surface area contributed by atoms with E-state index in [0.29, 0.717) is 10.7 Å². The maximum absolute atomic E-state index is 12.1. The molecule has 3 aromatic rings. The molecule has 0 saturated carbocycles. The second-order valence-electron chi connectivity index (χ2n) is 4.95. The van der Waals surface area contributed by atoms with Gasteiger partial charge in [-0.15, -0.1) is 0 Å². The van der Waals surface area contributed by atoms with Gasteiger partial charge in [0.25, 0.3) is 5.91 Å². The van der Waals surface area contributed by atoms with E-state index >= 15 is 0 Å². The van der Waals surface area contributed by atoms with Crippen LogP contribution in [0.2, 0.25) is 0 Å². The molecule has 23 heavy (non-hydrogen) atoms. The van der Waals surface area contributed by atoms with E-state index in [1.807, 2.05) is 19.1 Å². The highest BCUT2D eigenvalue weighted by atomic mass is 32.1. The molecule has 0 bridgehead atoms. The molecule has 0 radical (unpaired) electrons. The Labute approximate surface area is 142 Å². The number of thiazole rings is 1. The Morgan fingerprint density at radius 2 is 2.09 bits per heavy atom. The van der Waals surface area contributed by atoms with Crippen molar-refractivity contribution in [2.75, 3.05) is 5.32 Å². The molecule has 1 aromatic heterocycles. The van der Waals surface area contributed by atoms with Crippen LogP contribution in [0.4, 0.5) is 5.13 Å². The number of amides is 1. The molecule has 0 atom stereocenters. The lowest BCUT2D eigenvalue weighted by Crippen LogP contribution is -2.34. The smallest absolute Gasteiger partial charge is 0.257 e. The monoisotopic (exact) mass is 343 g/mol. The number of fused-ring (bicyclic) bond motifs is 1. The summed E-state index contributed by atoms with van der Waals surface area (Å²) in [6.07, 6.45) is 0. The number of aromatic hydroxyl groups is 1. The van der Waals surface area contributed by atoms with Crippen molar-refractivity contribution < 1.29 is 9.90 Å². The van der Waals surface area contributed by atoms with Gasteiger partial charge in [-0.3, -0.25) is 10.1 Å². The van der Waals surface area contributed by atoms with Crippen molar-refractivity contribution in [1.82, 2.24) is 10.3 Å². The van der Waals surface area contributed by atoms with Gasteiger partial charge in [0.1, 0.15) is 5.75 Å². The number of rotatable bonds is 2. The molecule has 0 aliphatic heterocycles. The van der Waals surface area contributed by atoms with E-state index in [2.05, 4.69) is 15.6 Å². The number of benzene rings is 2. The van der Waals surface area contributed by atoms with Crippen molar-refractivity contribution >= 4 is 49.9 Å². The maximum Gasteiger partial charge on any atom is 0.257 e. The normalized spacial score (nSPS) is 10.5. The van der Waals surface area contributed by atoms with Crippen LogP contribution in [0.15, 0.2) is 42.5 Å². The second-order valence-corrected chi connectivity index (χ2v) is 6.39. The molecule has 0 unspecified atom stereocenters. The fraction of sp³-hybridized carbons (Fsp3) is 0.0625. The topological polar surface area (TPSA) is 74.2 Å². The number of thiocarbonyl (C=S) groups is 1. The third-order valence-electron chi connectivity index (χ3n) is 3.10. The first kappa shape index (κ1) is 15.4. The summed E-state index contributed by atoms with van der Waals surface area (Å²) < 4.78 is 0.834. The number of anilines is 1. The van der Waals surface area contributed by atoms with Gasteiger partial charge in [-0.25, -0.2) is 4.98 Å². The number of carbonyl (C=O) groups is 1. The third-order valence-corrected chi connectivity index (χ3v) is 4.24. The molecule has 0 saturated heterocycles. The van der Waals surface area contributed by atoms with Crippen LogP contribution in [0, 0.1) is 6.92 Å². The predicted molar refractivity (Wildman–Crippen MR) is 96.2 cm³/mol. The molecule has 1 amide bonds. The van der Waals surface area contributed by atoms with Gasteiger partial charge in [0.05, 0.1) is 10.2 Å². The number of nitrogens with one attached hydrogen (secondary N) is 2. The fourth-order valence-electron chi connectivity index (χ4n) is 2.06. The van der Waals surface area contributed by atoms with Crippen LogP contribution in [0.25, 0.3) is 10.2 Å².